The predicted molar refractivity (Wildman–Crippen MR) is 63.3 cm³/mol. The van der Waals surface area contributed by atoms with Crippen LogP contribution in [0.3, 0.4) is 0 Å². The molecule has 0 spiro atoms. The molecule has 0 aliphatic heterocycles. The fourth-order valence-corrected chi connectivity index (χ4v) is 1.97. The zero-order valence-electron chi connectivity index (χ0n) is 9.50. The molecule has 96 valence electrons. The molecule has 0 amide bonds. The maximum absolute atomic E-state index is 12.4. The first-order chi connectivity index (χ1) is 8.43. The van der Waals surface area contributed by atoms with Crippen LogP contribution in [0.5, 0.6) is 0 Å². The molecule has 18 heavy (non-hydrogen) atoms. The van der Waals surface area contributed by atoms with Gasteiger partial charge in [0.05, 0.1) is 17.5 Å². The Bertz CT molecular complexity index is 543. The lowest BCUT2D eigenvalue weighted by Gasteiger charge is -2.09. The lowest BCUT2D eigenvalue weighted by Crippen LogP contribution is -2.04. The highest BCUT2D eigenvalue weighted by Crippen LogP contribution is 2.31. The average Bonchev–Trinajstić information content (AvgIpc) is 2.69. The SMILES string of the molecule is CCn1c(-c2ccc(C(F)(F)F)cc2)cnc1Cl. The lowest BCUT2D eigenvalue weighted by molar-refractivity contribution is -0.137. The Balaban J connectivity index is 2.40. The van der Waals surface area contributed by atoms with E-state index in [-0.39, 0.29) is 0 Å². The Morgan fingerprint density at radius 1 is 1.22 bits per heavy atom. The van der Waals surface area contributed by atoms with Gasteiger partial charge in [0.15, 0.2) is 0 Å². The van der Waals surface area contributed by atoms with Crippen molar-refractivity contribution in [1.82, 2.24) is 9.55 Å². The molecule has 1 heterocycles. The molecule has 0 aliphatic rings. The summed E-state index contributed by atoms with van der Waals surface area (Å²) in [6.45, 7) is 2.50. The van der Waals surface area contributed by atoms with E-state index in [4.69, 9.17) is 11.6 Å². The first kappa shape index (κ1) is 13.0. The molecule has 0 N–H and O–H groups in total. The molecule has 0 aliphatic carbocycles. The number of rotatable bonds is 2. The Morgan fingerprint density at radius 2 is 1.83 bits per heavy atom. The number of imidazole rings is 1. The molecule has 0 radical (unpaired) electrons. The number of hydrogen-bond acceptors (Lipinski definition) is 1. The van der Waals surface area contributed by atoms with Crippen molar-refractivity contribution in [3.8, 4) is 11.3 Å². The Morgan fingerprint density at radius 3 is 2.33 bits per heavy atom. The number of nitrogens with zero attached hydrogens (tertiary/aromatic N) is 2. The molecule has 0 fully saturated rings. The maximum Gasteiger partial charge on any atom is 0.416 e. The summed E-state index contributed by atoms with van der Waals surface area (Å²) in [5.74, 6) is 0. The summed E-state index contributed by atoms with van der Waals surface area (Å²) in [5.41, 5.74) is 0.695. The summed E-state index contributed by atoms with van der Waals surface area (Å²) in [5, 5.41) is 0.326. The van der Waals surface area contributed by atoms with Crippen molar-refractivity contribution in [2.45, 2.75) is 19.6 Å². The van der Waals surface area contributed by atoms with Crippen molar-refractivity contribution in [3.63, 3.8) is 0 Å². The summed E-state index contributed by atoms with van der Waals surface area (Å²) in [7, 11) is 0. The molecule has 6 heteroatoms. The fraction of sp³-hybridized carbons (Fsp3) is 0.250. The first-order valence-corrected chi connectivity index (χ1v) is 5.70. The normalized spacial score (nSPS) is 11.8. The van der Waals surface area contributed by atoms with Crippen molar-refractivity contribution in [1.29, 1.82) is 0 Å². The molecule has 2 nitrogen and oxygen atoms in total. The van der Waals surface area contributed by atoms with E-state index >= 15 is 0 Å². The van der Waals surface area contributed by atoms with Gasteiger partial charge in [-0.15, -0.1) is 0 Å². The molecule has 0 saturated carbocycles. The van der Waals surface area contributed by atoms with Gasteiger partial charge in [-0.2, -0.15) is 13.2 Å². The number of halogens is 4. The van der Waals surface area contributed by atoms with Crippen LogP contribution < -0.4 is 0 Å². The molecule has 1 aromatic carbocycles. The van der Waals surface area contributed by atoms with Gasteiger partial charge < -0.3 is 4.57 Å². The van der Waals surface area contributed by atoms with E-state index in [1.54, 1.807) is 10.8 Å². The highest BCUT2D eigenvalue weighted by atomic mass is 35.5. The highest BCUT2D eigenvalue weighted by Gasteiger charge is 2.30. The van der Waals surface area contributed by atoms with Crippen LogP contribution in [-0.2, 0) is 12.7 Å². The minimum absolute atomic E-state index is 0.326. The smallest absolute Gasteiger partial charge is 0.315 e. The van der Waals surface area contributed by atoms with Crippen molar-refractivity contribution in [2.24, 2.45) is 0 Å². The highest BCUT2D eigenvalue weighted by molar-refractivity contribution is 6.28. The second-order valence-corrected chi connectivity index (χ2v) is 4.07. The third-order valence-corrected chi connectivity index (χ3v) is 2.93. The van der Waals surface area contributed by atoms with Gasteiger partial charge in [-0.1, -0.05) is 12.1 Å². The maximum atomic E-state index is 12.4. The van der Waals surface area contributed by atoms with Gasteiger partial charge >= 0.3 is 6.18 Å². The Hall–Kier alpha value is -1.49. The standard InChI is InChI=1S/C12H10ClF3N2/c1-2-18-10(7-17-11(18)13)8-3-5-9(6-4-8)12(14,15)16/h3-7H,2H2,1H3. The van der Waals surface area contributed by atoms with E-state index in [1.807, 2.05) is 6.92 Å². The summed E-state index contributed by atoms with van der Waals surface area (Å²) in [4.78, 5) is 3.94. The zero-order valence-corrected chi connectivity index (χ0v) is 10.3. The van der Waals surface area contributed by atoms with Crippen LogP contribution in [0.1, 0.15) is 12.5 Å². The van der Waals surface area contributed by atoms with Crippen LogP contribution in [-0.4, -0.2) is 9.55 Å². The van der Waals surface area contributed by atoms with Crippen LogP contribution in [0.4, 0.5) is 13.2 Å². The molecule has 0 saturated heterocycles. The monoisotopic (exact) mass is 274 g/mol. The summed E-state index contributed by atoms with van der Waals surface area (Å²) >= 11 is 5.87. The van der Waals surface area contributed by atoms with Gasteiger partial charge in [0, 0.05) is 6.54 Å². The van der Waals surface area contributed by atoms with Gasteiger partial charge in [-0.3, -0.25) is 0 Å². The van der Waals surface area contributed by atoms with E-state index in [0.29, 0.717) is 23.1 Å². The third kappa shape index (κ3) is 2.36. The Kier molecular flexibility index (Phi) is 3.34. The molecular weight excluding hydrogens is 265 g/mol. The molecule has 0 unspecified atom stereocenters. The van der Waals surface area contributed by atoms with Gasteiger partial charge in [0.25, 0.3) is 0 Å². The molecule has 0 atom stereocenters. The van der Waals surface area contributed by atoms with E-state index in [1.165, 1.54) is 12.1 Å². The van der Waals surface area contributed by atoms with Crippen LogP contribution >= 0.6 is 11.6 Å². The van der Waals surface area contributed by atoms with Gasteiger partial charge in [-0.05, 0) is 36.2 Å². The minimum Gasteiger partial charge on any atom is -0.315 e. The number of benzene rings is 1. The molecule has 2 rings (SSSR count). The van der Waals surface area contributed by atoms with Crippen molar-refractivity contribution in [2.75, 3.05) is 0 Å². The van der Waals surface area contributed by atoms with Crippen LogP contribution in [0.25, 0.3) is 11.3 Å². The molecular formula is C12H10ClF3N2. The topological polar surface area (TPSA) is 17.8 Å². The molecule has 1 aromatic heterocycles. The number of aromatic nitrogens is 2. The molecule has 0 bridgehead atoms. The fourth-order valence-electron chi connectivity index (χ4n) is 1.71. The second kappa shape index (κ2) is 4.65. The van der Waals surface area contributed by atoms with Crippen molar-refractivity contribution >= 4 is 11.6 Å². The average molecular weight is 275 g/mol. The van der Waals surface area contributed by atoms with Gasteiger partial charge in [0.1, 0.15) is 0 Å². The zero-order chi connectivity index (χ0) is 13.3. The Labute approximate surface area is 107 Å². The van der Waals surface area contributed by atoms with Gasteiger partial charge in [0.2, 0.25) is 5.28 Å². The number of hydrogen-bond donors (Lipinski definition) is 0. The quantitative estimate of drug-likeness (QED) is 0.801. The first-order valence-electron chi connectivity index (χ1n) is 5.32. The largest absolute Gasteiger partial charge is 0.416 e. The second-order valence-electron chi connectivity index (χ2n) is 3.73. The van der Waals surface area contributed by atoms with Crippen LogP contribution in [0.15, 0.2) is 30.5 Å². The lowest BCUT2D eigenvalue weighted by atomic mass is 10.1. The van der Waals surface area contributed by atoms with E-state index < -0.39 is 11.7 Å². The van der Waals surface area contributed by atoms with Gasteiger partial charge in [-0.25, -0.2) is 4.98 Å². The van der Waals surface area contributed by atoms with E-state index in [2.05, 4.69) is 4.98 Å². The summed E-state index contributed by atoms with van der Waals surface area (Å²) < 4.78 is 39.0. The van der Waals surface area contributed by atoms with Crippen molar-refractivity contribution in [3.05, 3.63) is 41.3 Å². The summed E-state index contributed by atoms with van der Waals surface area (Å²) in [6, 6.07) is 4.94. The van der Waals surface area contributed by atoms with E-state index in [9.17, 15) is 13.2 Å². The van der Waals surface area contributed by atoms with Crippen LogP contribution in [0, 0.1) is 0 Å². The third-order valence-electron chi connectivity index (χ3n) is 2.63. The van der Waals surface area contributed by atoms with Crippen LogP contribution in [0.2, 0.25) is 5.28 Å². The number of alkyl halides is 3. The molecule has 2 aromatic rings. The predicted octanol–water partition coefficient (Wildman–Crippen LogP) is 4.24. The summed E-state index contributed by atoms with van der Waals surface area (Å²) in [6.07, 6.45) is -2.77. The van der Waals surface area contributed by atoms with E-state index in [0.717, 1.165) is 12.1 Å². The minimum atomic E-state index is -4.32. The van der Waals surface area contributed by atoms with Crippen molar-refractivity contribution < 1.29 is 13.2 Å².